The van der Waals surface area contributed by atoms with Crippen molar-refractivity contribution in [2.45, 2.75) is 58.4 Å². The van der Waals surface area contributed by atoms with E-state index in [4.69, 9.17) is 0 Å². The summed E-state index contributed by atoms with van der Waals surface area (Å²) in [5, 5.41) is 13.1. The van der Waals surface area contributed by atoms with Crippen molar-refractivity contribution < 1.29 is 9.90 Å². The van der Waals surface area contributed by atoms with E-state index in [2.05, 4.69) is 19.2 Å². The number of carboxylic acids is 1. The highest BCUT2D eigenvalue weighted by atomic mass is 16.4. The zero-order valence-corrected chi connectivity index (χ0v) is 13.4. The van der Waals surface area contributed by atoms with Crippen LogP contribution in [0.2, 0.25) is 0 Å². The van der Waals surface area contributed by atoms with E-state index < -0.39 is 11.5 Å². The van der Waals surface area contributed by atoms with Crippen LogP contribution in [0, 0.1) is 18.8 Å². The number of aliphatic carboxylic acids is 1. The zero-order chi connectivity index (χ0) is 15.5. The lowest BCUT2D eigenvalue weighted by Crippen LogP contribution is -2.50. The zero-order valence-electron chi connectivity index (χ0n) is 13.4. The number of hydrogen-bond acceptors (Lipinski definition) is 2. The second-order valence-electron chi connectivity index (χ2n) is 6.97. The third kappa shape index (κ3) is 3.99. The maximum Gasteiger partial charge on any atom is 0.329 e. The van der Waals surface area contributed by atoms with Crippen molar-refractivity contribution in [3.63, 3.8) is 0 Å². The van der Waals surface area contributed by atoms with Gasteiger partial charge in [0.1, 0.15) is 5.54 Å². The highest BCUT2D eigenvalue weighted by Gasteiger charge is 2.43. The molecule has 1 aliphatic rings. The number of carbonyl (C=O) groups is 1. The van der Waals surface area contributed by atoms with Crippen LogP contribution >= 0.6 is 0 Å². The first-order valence-electron chi connectivity index (χ1n) is 7.99. The van der Waals surface area contributed by atoms with Gasteiger partial charge in [-0.05, 0) is 55.7 Å². The molecule has 0 saturated heterocycles. The van der Waals surface area contributed by atoms with Crippen molar-refractivity contribution in [3.05, 3.63) is 29.8 Å². The van der Waals surface area contributed by atoms with Crippen molar-refractivity contribution >= 4 is 11.7 Å². The molecule has 2 atom stereocenters. The van der Waals surface area contributed by atoms with Crippen LogP contribution in [-0.2, 0) is 4.79 Å². The minimum atomic E-state index is -0.800. The number of carboxylic acid groups (broad SMARTS) is 1. The minimum absolute atomic E-state index is 0.507. The minimum Gasteiger partial charge on any atom is -0.480 e. The highest BCUT2D eigenvalue weighted by Crippen LogP contribution is 2.38. The van der Waals surface area contributed by atoms with Gasteiger partial charge in [-0.25, -0.2) is 4.79 Å². The largest absolute Gasteiger partial charge is 0.480 e. The fourth-order valence-corrected chi connectivity index (χ4v) is 3.62. The molecular formula is C18H27NO2. The van der Waals surface area contributed by atoms with Gasteiger partial charge in [0, 0.05) is 5.69 Å². The lowest BCUT2D eigenvalue weighted by Gasteiger charge is -2.39. The van der Waals surface area contributed by atoms with E-state index in [1.807, 2.05) is 31.2 Å². The summed E-state index contributed by atoms with van der Waals surface area (Å²) in [4.78, 5) is 11.9. The summed E-state index contributed by atoms with van der Waals surface area (Å²) in [5.41, 5.74) is 1.27. The van der Waals surface area contributed by atoms with Crippen molar-refractivity contribution in [3.8, 4) is 0 Å². The molecule has 3 heteroatoms. The maximum atomic E-state index is 11.9. The third-order valence-electron chi connectivity index (χ3n) is 4.47. The monoisotopic (exact) mass is 289 g/mol. The Morgan fingerprint density at radius 2 is 2.24 bits per heavy atom. The lowest BCUT2D eigenvalue weighted by atomic mass is 9.73. The number of aryl methyl sites for hydroxylation is 1. The fourth-order valence-electron chi connectivity index (χ4n) is 3.62. The number of anilines is 1. The summed E-state index contributed by atoms with van der Waals surface area (Å²) in [6, 6.07) is 7.99. The van der Waals surface area contributed by atoms with Gasteiger partial charge in [0.05, 0.1) is 0 Å². The predicted molar refractivity (Wildman–Crippen MR) is 86.6 cm³/mol. The maximum absolute atomic E-state index is 11.9. The first kappa shape index (κ1) is 15.9. The Bertz CT molecular complexity index is 498. The van der Waals surface area contributed by atoms with Crippen molar-refractivity contribution in [1.82, 2.24) is 0 Å². The van der Waals surface area contributed by atoms with Gasteiger partial charge in [-0.15, -0.1) is 0 Å². The standard InChI is InChI=1S/C18H27NO2/c1-13(2)10-15-7-5-9-18(12-15,17(20)21)19-16-8-4-6-14(3)11-16/h4,6,8,11,13,15,19H,5,7,9-10,12H2,1-3H3,(H,20,21). The molecule has 0 amide bonds. The second-order valence-corrected chi connectivity index (χ2v) is 6.97. The summed E-state index contributed by atoms with van der Waals surface area (Å²) in [5.74, 6) is 0.420. The number of nitrogens with one attached hydrogen (secondary N) is 1. The Morgan fingerprint density at radius 3 is 2.86 bits per heavy atom. The normalized spacial score (nSPS) is 25.8. The van der Waals surface area contributed by atoms with Crippen LogP contribution in [-0.4, -0.2) is 16.6 Å². The quantitative estimate of drug-likeness (QED) is 0.841. The van der Waals surface area contributed by atoms with Gasteiger partial charge in [0.15, 0.2) is 0 Å². The average Bonchev–Trinajstić information content (AvgIpc) is 2.38. The number of hydrogen-bond donors (Lipinski definition) is 2. The van der Waals surface area contributed by atoms with Crippen LogP contribution in [0.4, 0.5) is 5.69 Å². The van der Waals surface area contributed by atoms with Crippen LogP contribution in [0.5, 0.6) is 0 Å². The topological polar surface area (TPSA) is 49.3 Å². The van der Waals surface area contributed by atoms with E-state index in [0.29, 0.717) is 18.3 Å². The van der Waals surface area contributed by atoms with E-state index in [1.54, 1.807) is 0 Å². The highest BCUT2D eigenvalue weighted by molar-refractivity contribution is 5.83. The molecule has 1 saturated carbocycles. The molecule has 116 valence electrons. The Kier molecular flexibility index (Phi) is 4.92. The molecule has 1 aliphatic carbocycles. The Hall–Kier alpha value is -1.51. The molecule has 1 aromatic carbocycles. The molecule has 0 heterocycles. The van der Waals surface area contributed by atoms with Crippen molar-refractivity contribution in [2.24, 2.45) is 11.8 Å². The molecule has 0 radical (unpaired) electrons. The summed E-state index contributed by atoms with van der Waals surface area (Å²) in [6.07, 6.45) is 4.70. The SMILES string of the molecule is Cc1cccc(NC2(C(=O)O)CCCC(CC(C)C)C2)c1. The first-order valence-corrected chi connectivity index (χ1v) is 7.99. The van der Waals surface area contributed by atoms with Gasteiger partial charge in [0.2, 0.25) is 0 Å². The molecule has 0 bridgehead atoms. The van der Waals surface area contributed by atoms with Gasteiger partial charge >= 0.3 is 5.97 Å². The smallest absolute Gasteiger partial charge is 0.329 e. The summed E-state index contributed by atoms with van der Waals surface area (Å²) in [7, 11) is 0. The van der Waals surface area contributed by atoms with Gasteiger partial charge in [0.25, 0.3) is 0 Å². The van der Waals surface area contributed by atoms with Gasteiger partial charge in [-0.3, -0.25) is 0 Å². The summed E-state index contributed by atoms with van der Waals surface area (Å²) in [6.45, 7) is 6.46. The van der Waals surface area contributed by atoms with E-state index >= 15 is 0 Å². The predicted octanol–water partition coefficient (Wildman–Crippen LogP) is 4.47. The molecule has 2 rings (SSSR count). The molecule has 1 aromatic rings. The Labute approximate surface area is 127 Å². The molecule has 21 heavy (non-hydrogen) atoms. The molecule has 3 nitrogen and oxygen atoms in total. The summed E-state index contributed by atoms with van der Waals surface area (Å²) >= 11 is 0. The fraction of sp³-hybridized carbons (Fsp3) is 0.611. The van der Waals surface area contributed by atoms with Gasteiger partial charge in [-0.2, -0.15) is 0 Å². The van der Waals surface area contributed by atoms with E-state index in [9.17, 15) is 9.90 Å². The van der Waals surface area contributed by atoms with Gasteiger partial charge in [-0.1, -0.05) is 38.8 Å². The Balaban J connectivity index is 2.18. The van der Waals surface area contributed by atoms with Crippen molar-refractivity contribution in [1.29, 1.82) is 0 Å². The van der Waals surface area contributed by atoms with Crippen LogP contribution < -0.4 is 5.32 Å². The Morgan fingerprint density at radius 1 is 1.48 bits per heavy atom. The molecule has 0 aliphatic heterocycles. The van der Waals surface area contributed by atoms with Crippen LogP contribution in [0.25, 0.3) is 0 Å². The van der Waals surface area contributed by atoms with E-state index in [0.717, 1.165) is 36.9 Å². The van der Waals surface area contributed by atoms with E-state index in [-0.39, 0.29) is 0 Å². The molecular weight excluding hydrogens is 262 g/mol. The molecule has 0 spiro atoms. The van der Waals surface area contributed by atoms with Gasteiger partial charge < -0.3 is 10.4 Å². The number of rotatable bonds is 5. The average molecular weight is 289 g/mol. The molecule has 0 aromatic heterocycles. The van der Waals surface area contributed by atoms with Crippen LogP contribution in [0.15, 0.2) is 24.3 Å². The van der Waals surface area contributed by atoms with Crippen molar-refractivity contribution in [2.75, 3.05) is 5.32 Å². The molecule has 2 N–H and O–H groups in total. The lowest BCUT2D eigenvalue weighted by molar-refractivity contribution is -0.144. The second kappa shape index (κ2) is 6.50. The first-order chi connectivity index (χ1) is 9.91. The molecule has 1 fully saturated rings. The third-order valence-corrected chi connectivity index (χ3v) is 4.47. The van der Waals surface area contributed by atoms with Crippen LogP contribution in [0.3, 0.4) is 0 Å². The summed E-state index contributed by atoms with van der Waals surface area (Å²) < 4.78 is 0. The van der Waals surface area contributed by atoms with Crippen LogP contribution in [0.1, 0.15) is 51.5 Å². The number of benzene rings is 1. The van der Waals surface area contributed by atoms with E-state index in [1.165, 1.54) is 0 Å². The molecule has 2 unspecified atom stereocenters.